The van der Waals surface area contributed by atoms with Crippen molar-refractivity contribution in [2.24, 2.45) is 0 Å². The van der Waals surface area contributed by atoms with Crippen LogP contribution in [0.1, 0.15) is 29.8 Å². The summed E-state index contributed by atoms with van der Waals surface area (Å²) in [4.78, 5) is 12.1. The molecule has 2 aromatic carbocycles. The van der Waals surface area contributed by atoms with E-state index in [1.165, 1.54) is 12.1 Å². The zero-order valence-corrected chi connectivity index (χ0v) is 12.6. The van der Waals surface area contributed by atoms with Gasteiger partial charge < -0.3 is 10.1 Å². The smallest absolute Gasteiger partial charge is 0.416 e. The molecule has 0 heterocycles. The Kier molecular flexibility index (Phi) is 4.93. The predicted molar refractivity (Wildman–Crippen MR) is 81.7 cm³/mol. The van der Waals surface area contributed by atoms with Crippen molar-refractivity contribution in [3.8, 4) is 0 Å². The average Bonchev–Trinajstić information content (AvgIpc) is 2.46. The van der Waals surface area contributed by atoms with Crippen LogP contribution in [0.25, 0.3) is 0 Å². The molecule has 0 atom stereocenters. The lowest BCUT2D eigenvalue weighted by molar-refractivity contribution is -0.137. The Morgan fingerprint density at radius 1 is 1.09 bits per heavy atom. The number of esters is 1. The van der Waals surface area contributed by atoms with Gasteiger partial charge in [-0.1, -0.05) is 18.2 Å². The summed E-state index contributed by atoms with van der Waals surface area (Å²) in [6, 6.07) is 11.3. The van der Waals surface area contributed by atoms with Crippen LogP contribution >= 0.6 is 0 Å². The Morgan fingerprint density at radius 3 is 2.43 bits per heavy atom. The lowest BCUT2D eigenvalue weighted by Crippen LogP contribution is -2.13. The molecule has 1 N–H and O–H groups in total. The molecule has 6 heteroatoms. The monoisotopic (exact) mass is 323 g/mol. The summed E-state index contributed by atoms with van der Waals surface area (Å²) in [6.07, 6.45) is -4.71. The van der Waals surface area contributed by atoms with Gasteiger partial charge in [-0.3, -0.25) is 0 Å². The molecule has 0 aliphatic rings. The van der Waals surface area contributed by atoms with Crippen molar-refractivity contribution in [2.75, 3.05) is 5.32 Å². The number of ether oxygens (including phenoxy) is 1. The first-order valence-electron chi connectivity index (χ1n) is 7.01. The molecule has 0 aromatic heterocycles. The normalized spacial score (nSPS) is 11.4. The molecule has 0 bridgehead atoms. The van der Waals surface area contributed by atoms with Crippen LogP contribution in [0.3, 0.4) is 0 Å². The first-order valence-corrected chi connectivity index (χ1v) is 7.01. The van der Waals surface area contributed by atoms with E-state index in [9.17, 15) is 18.0 Å². The van der Waals surface area contributed by atoms with Gasteiger partial charge in [-0.25, -0.2) is 4.79 Å². The fourth-order valence-electron chi connectivity index (χ4n) is 1.98. The fraction of sp³-hybridized carbons (Fsp3) is 0.235. The molecule has 0 saturated heterocycles. The highest BCUT2D eigenvalue weighted by Crippen LogP contribution is 2.32. The summed E-state index contributed by atoms with van der Waals surface area (Å²) in [5.41, 5.74) is 0.130. The lowest BCUT2D eigenvalue weighted by atomic mass is 10.1. The molecular weight excluding hydrogens is 307 g/mol. The van der Waals surface area contributed by atoms with Gasteiger partial charge in [0.2, 0.25) is 0 Å². The van der Waals surface area contributed by atoms with Crippen LogP contribution < -0.4 is 5.32 Å². The summed E-state index contributed by atoms with van der Waals surface area (Å²) >= 11 is 0. The van der Waals surface area contributed by atoms with Crippen LogP contribution in [-0.2, 0) is 10.9 Å². The van der Waals surface area contributed by atoms with Crippen LogP contribution in [0.15, 0.2) is 48.5 Å². The molecule has 0 spiro atoms. The van der Waals surface area contributed by atoms with Gasteiger partial charge in [0, 0.05) is 5.69 Å². The molecule has 0 aliphatic carbocycles. The average molecular weight is 323 g/mol. The summed E-state index contributed by atoms with van der Waals surface area (Å²) in [5, 5.41) is 2.84. The number of benzene rings is 2. The van der Waals surface area contributed by atoms with E-state index in [0.29, 0.717) is 5.69 Å². The fourth-order valence-corrected chi connectivity index (χ4v) is 1.98. The summed E-state index contributed by atoms with van der Waals surface area (Å²) in [6.45, 7) is 3.45. The van der Waals surface area contributed by atoms with Crippen molar-refractivity contribution >= 4 is 17.3 Å². The number of halogens is 3. The highest BCUT2D eigenvalue weighted by Gasteiger charge is 2.30. The molecule has 0 fully saturated rings. The number of rotatable bonds is 4. The number of para-hydroxylation sites is 1. The predicted octanol–water partition coefficient (Wildman–Crippen LogP) is 5.01. The maximum Gasteiger partial charge on any atom is 0.416 e. The lowest BCUT2D eigenvalue weighted by Gasteiger charge is -2.14. The number of carbonyl (C=O) groups excluding carboxylic acids is 1. The Bertz CT molecular complexity index is 696. The van der Waals surface area contributed by atoms with Gasteiger partial charge in [-0.2, -0.15) is 13.2 Å². The zero-order chi connectivity index (χ0) is 17.0. The van der Waals surface area contributed by atoms with Gasteiger partial charge in [-0.15, -0.1) is 0 Å². The minimum atomic E-state index is -4.42. The van der Waals surface area contributed by atoms with Gasteiger partial charge >= 0.3 is 12.1 Å². The molecule has 0 saturated carbocycles. The van der Waals surface area contributed by atoms with Crippen molar-refractivity contribution in [3.05, 3.63) is 59.7 Å². The third-order valence-electron chi connectivity index (χ3n) is 2.96. The Balaban J connectivity index is 2.29. The van der Waals surface area contributed by atoms with E-state index in [1.807, 2.05) is 0 Å². The third kappa shape index (κ3) is 4.48. The minimum absolute atomic E-state index is 0.240. The summed E-state index contributed by atoms with van der Waals surface area (Å²) in [5.74, 6) is -0.532. The van der Waals surface area contributed by atoms with Gasteiger partial charge in [0.1, 0.15) is 0 Å². The number of nitrogens with one attached hydrogen (secondary N) is 1. The molecule has 122 valence electrons. The van der Waals surface area contributed by atoms with E-state index in [0.717, 1.165) is 12.1 Å². The topological polar surface area (TPSA) is 38.3 Å². The van der Waals surface area contributed by atoms with Crippen molar-refractivity contribution in [1.29, 1.82) is 0 Å². The Labute approximate surface area is 132 Å². The largest absolute Gasteiger partial charge is 0.459 e. The van der Waals surface area contributed by atoms with Crippen LogP contribution in [-0.4, -0.2) is 12.1 Å². The van der Waals surface area contributed by atoms with E-state index in [4.69, 9.17) is 4.74 Å². The maximum absolute atomic E-state index is 12.8. The first kappa shape index (κ1) is 16.9. The molecule has 0 unspecified atom stereocenters. The van der Waals surface area contributed by atoms with Gasteiger partial charge in [0.05, 0.1) is 22.9 Å². The second-order valence-corrected chi connectivity index (χ2v) is 5.20. The van der Waals surface area contributed by atoms with Crippen molar-refractivity contribution in [3.63, 3.8) is 0 Å². The summed E-state index contributed by atoms with van der Waals surface area (Å²) in [7, 11) is 0. The standard InChI is InChI=1S/C17H16F3NO2/c1-11(2)23-16(22)14-8-3-4-9-15(14)21-13-7-5-6-12(10-13)17(18,19)20/h3-11,21H,1-2H3. The number of anilines is 2. The number of carbonyl (C=O) groups is 1. The van der Waals surface area contributed by atoms with Crippen molar-refractivity contribution < 1.29 is 22.7 Å². The van der Waals surface area contributed by atoms with Crippen LogP contribution in [0.5, 0.6) is 0 Å². The van der Waals surface area contributed by atoms with E-state index < -0.39 is 17.7 Å². The van der Waals surface area contributed by atoms with Gasteiger partial charge in [0.15, 0.2) is 0 Å². The highest BCUT2D eigenvalue weighted by atomic mass is 19.4. The van der Waals surface area contributed by atoms with Crippen molar-refractivity contribution in [2.45, 2.75) is 26.1 Å². The molecule has 23 heavy (non-hydrogen) atoms. The molecular formula is C17H16F3NO2. The number of hydrogen-bond donors (Lipinski definition) is 1. The SMILES string of the molecule is CC(C)OC(=O)c1ccccc1Nc1cccc(C(F)(F)F)c1. The molecule has 0 radical (unpaired) electrons. The van der Waals surface area contributed by atoms with E-state index >= 15 is 0 Å². The quantitative estimate of drug-likeness (QED) is 0.803. The molecule has 0 amide bonds. The highest BCUT2D eigenvalue weighted by molar-refractivity contribution is 5.96. The molecule has 0 aliphatic heterocycles. The van der Waals surface area contributed by atoms with E-state index in [2.05, 4.69) is 5.32 Å². The first-order chi connectivity index (χ1) is 10.8. The third-order valence-corrected chi connectivity index (χ3v) is 2.96. The molecule has 3 nitrogen and oxygen atoms in total. The molecule has 2 aromatic rings. The van der Waals surface area contributed by atoms with Crippen LogP contribution in [0.4, 0.5) is 24.5 Å². The van der Waals surface area contributed by atoms with Crippen LogP contribution in [0, 0.1) is 0 Å². The molecule has 2 rings (SSSR count). The Hall–Kier alpha value is -2.50. The van der Waals surface area contributed by atoms with E-state index in [1.54, 1.807) is 38.1 Å². The zero-order valence-electron chi connectivity index (χ0n) is 12.6. The minimum Gasteiger partial charge on any atom is -0.459 e. The number of hydrogen-bond acceptors (Lipinski definition) is 3. The van der Waals surface area contributed by atoms with E-state index in [-0.39, 0.29) is 17.4 Å². The summed E-state index contributed by atoms with van der Waals surface area (Å²) < 4.78 is 43.4. The van der Waals surface area contributed by atoms with Crippen molar-refractivity contribution in [1.82, 2.24) is 0 Å². The van der Waals surface area contributed by atoms with Gasteiger partial charge in [0.25, 0.3) is 0 Å². The number of alkyl halides is 3. The second-order valence-electron chi connectivity index (χ2n) is 5.20. The second kappa shape index (κ2) is 6.73. The van der Waals surface area contributed by atoms with Crippen LogP contribution in [0.2, 0.25) is 0 Å². The van der Waals surface area contributed by atoms with Gasteiger partial charge in [-0.05, 0) is 44.2 Å². The Morgan fingerprint density at radius 2 is 1.78 bits per heavy atom. The maximum atomic E-state index is 12.8.